The lowest BCUT2D eigenvalue weighted by atomic mass is 9.98. The standard InChI is InChI=1S/C18H28FN7O6P/c1-8(2)31-15(28)9(3)25-33(29)30-6-10-12(27)18(4,19)16(32-10)26-7-22-11-13(21-5)23-17(20)24-14(11)26/h7-10,12,16,27H,6H2,1-5H3,(H,25,29)(H3,20,21,23,24)/q+1/t9-,10+,12+,16+,18+/m0/s1/i4D3. The van der Waals surface area contributed by atoms with Crippen LogP contribution in [0.2, 0.25) is 0 Å². The molecule has 1 aliphatic rings. The van der Waals surface area contributed by atoms with Gasteiger partial charge in [0.2, 0.25) is 5.95 Å². The molecule has 6 atom stereocenters. The van der Waals surface area contributed by atoms with Gasteiger partial charge in [0.15, 0.2) is 28.9 Å². The van der Waals surface area contributed by atoms with E-state index >= 15 is 4.39 Å². The summed E-state index contributed by atoms with van der Waals surface area (Å²) in [6.45, 7) is 0.667. The average molecular weight is 491 g/mol. The smallest absolute Gasteiger partial charge is 0.462 e. The molecule has 5 N–H and O–H groups in total. The highest BCUT2D eigenvalue weighted by Gasteiger charge is 2.56. The number of rotatable bonds is 9. The normalized spacial score (nSPS) is 28.3. The third-order valence-electron chi connectivity index (χ3n) is 4.73. The number of aromatic nitrogens is 4. The van der Waals surface area contributed by atoms with E-state index in [2.05, 4.69) is 25.4 Å². The lowest BCUT2D eigenvalue weighted by Gasteiger charge is -2.24. The predicted octanol–water partition coefficient (Wildman–Crippen LogP) is 1.04. The molecule has 1 unspecified atom stereocenters. The molecule has 1 saturated heterocycles. The fraction of sp³-hybridized carbons (Fsp3) is 0.667. The summed E-state index contributed by atoms with van der Waals surface area (Å²) in [7, 11) is -1.14. The fourth-order valence-electron chi connectivity index (χ4n) is 3.16. The van der Waals surface area contributed by atoms with E-state index in [1.807, 2.05) is 0 Å². The molecular formula is C18H28FN7O6P+. The number of esters is 1. The number of imidazole rings is 1. The highest BCUT2D eigenvalue weighted by molar-refractivity contribution is 7.36. The van der Waals surface area contributed by atoms with Crippen LogP contribution in [-0.4, -0.2) is 74.3 Å². The highest BCUT2D eigenvalue weighted by Crippen LogP contribution is 2.43. The van der Waals surface area contributed by atoms with Crippen molar-refractivity contribution < 1.29 is 37.0 Å². The number of aliphatic hydroxyl groups is 1. The van der Waals surface area contributed by atoms with Gasteiger partial charge in [-0.2, -0.15) is 9.97 Å². The van der Waals surface area contributed by atoms with Crippen LogP contribution in [0.3, 0.4) is 0 Å². The monoisotopic (exact) mass is 491 g/mol. The largest absolute Gasteiger partial charge is 0.613 e. The van der Waals surface area contributed by atoms with Crippen LogP contribution in [0.1, 0.15) is 38.0 Å². The van der Waals surface area contributed by atoms with Gasteiger partial charge in [0, 0.05) is 11.2 Å². The van der Waals surface area contributed by atoms with Crippen LogP contribution in [0, 0.1) is 0 Å². The van der Waals surface area contributed by atoms with Gasteiger partial charge in [-0.1, -0.05) is 5.09 Å². The van der Waals surface area contributed by atoms with E-state index in [-0.39, 0.29) is 29.0 Å². The van der Waals surface area contributed by atoms with Crippen molar-refractivity contribution in [2.24, 2.45) is 0 Å². The Kier molecular flexibility index (Phi) is 6.23. The zero-order chi connectivity index (χ0) is 27.0. The van der Waals surface area contributed by atoms with Gasteiger partial charge in [0.1, 0.15) is 24.9 Å². The molecule has 1 aliphatic heterocycles. The molecule has 0 aliphatic carbocycles. The Hall–Kier alpha value is -2.51. The van der Waals surface area contributed by atoms with Crippen LogP contribution >= 0.6 is 8.18 Å². The number of anilines is 2. The number of nitrogens with two attached hydrogens (primary N) is 1. The Bertz CT molecular complexity index is 1140. The van der Waals surface area contributed by atoms with Gasteiger partial charge in [-0.15, -0.1) is 4.52 Å². The molecule has 0 aromatic carbocycles. The quantitative estimate of drug-likeness (QED) is 0.290. The summed E-state index contributed by atoms with van der Waals surface area (Å²) in [4.78, 5) is 23.9. The maximum Gasteiger partial charge on any atom is 0.613 e. The van der Waals surface area contributed by atoms with Gasteiger partial charge in [0.25, 0.3) is 0 Å². The van der Waals surface area contributed by atoms with E-state index in [4.69, 9.17) is 23.8 Å². The molecule has 3 heterocycles. The topological polar surface area (TPSA) is 176 Å². The summed E-state index contributed by atoms with van der Waals surface area (Å²) in [5, 5.41) is 15.8. The minimum Gasteiger partial charge on any atom is -0.462 e. The first-order chi connectivity index (χ1) is 16.7. The molecular weight excluding hydrogens is 460 g/mol. The predicted molar refractivity (Wildman–Crippen MR) is 116 cm³/mol. The minimum atomic E-state index is -3.36. The molecule has 1 fully saturated rings. The lowest BCUT2D eigenvalue weighted by molar-refractivity contribution is -0.149. The molecule has 2 aromatic rings. The Labute approximate surface area is 194 Å². The number of aliphatic hydroxyl groups excluding tert-OH is 1. The van der Waals surface area contributed by atoms with E-state index in [0.29, 0.717) is 0 Å². The lowest BCUT2D eigenvalue weighted by Crippen LogP contribution is -2.40. The molecule has 182 valence electrons. The maximum absolute atomic E-state index is 16.2. The van der Waals surface area contributed by atoms with E-state index in [1.165, 1.54) is 6.92 Å². The second-order valence-corrected chi connectivity index (χ2v) is 8.66. The molecule has 33 heavy (non-hydrogen) atoms. The van der Waals surface area contributed by atoms with Gasteiger partial charge < -0.3 is 25.6 Å². The number of nitrogen functional groups attached to an aromatic ring is 1. The van der Waals surface area contributed by atoms with Gasteiger partial charge in [-0.05, 0) is 32.2 Å². The van der Waals surface area contributed by atoms with Crippen LogP contribution in [0.15, 0.2) is 6.33 Å². The minimum absolute atomic E-state index is 0.0397. The fourth-order valence-corrected chi connectivity index (χ4v) is 3.94. The van der Waals surface area contributed by atoms with E-state index in [0.717, 1.165) is 10.9 Å². The number of alkyl halides is 1. The molecule has 0 spiro atoms. The molecule has 15 heteroatoms. The van der Waals surface area contributed by atoms with Crippen LogP contribution in [0.25, 0.3) is 11.2 Å². The number of ether oxygens (including phenoxy) is 2. The van der Waals surface area contributed by atoms with Gasteiger partial charge in [-0.25, -0.2) is 9.37 Å². The van der Waals surface area contributed by atoms with Crippen LogP contribution in [0.5, 0.6) is 0 Å². The van der Waals surface area contributed by atoms with Gasteiger partial charge in [-0.3, -0.25) is 9.36 Å². The van der Waals surface area contributed by atoms with Crippen molar-refractivity contribution in [1.29, 1.82) is 0 Å². The molecule has 13 nitrogen and oxygen atoms in total. The van der Waals surface area contributed by atoms with E-state index in [1.54, 1.807) is 20.9 Å². The van der Waals surface area contributed by atoms with Crippen molar-refractivity contribution in [2.75, 3.05) is 24.7 Å². The first kappa shape index (κ1) is 21.1. The molecule has 0 amide bonds. The van der Waals surface area contributed by atoms with Crippen LogP contribution in [0.4, 0.5) is 16.2 Å². The number of nitrogens with zero attached hydrogens (tertiary/aromatic N) is 4. The van der Waals surface area contributed by atoms with Crippen LogP contribution < -0.4 is 16.1 Å². The number of hydrogen-bond donors (Lipinski definition) is 4. The van der Waals surface area contributed by atoms with E-state index < -0.39 is 57.8 Å². The number of carbonyl (C=O) groups is 1. The molecule has 3 rings (SSSR count). The second-order valence-electron chi connectivity index (χ2n) is 7.63. The summed E-state index contributed by atoms with van der Waals surface area (Å²) in [6, 6.07) is -0.996. The van der Waals surface area contributed by atoms with Crippen molar-refractivity contribution in [1.82, 2.24) is 24.6 Å². The summed E-state index contributed by atoms with van der Waals surface area (Å²) >= 11 is 0. The SMILES string of the molecule is [2H]C([2H])([2H])[C@@]1(F)[C@H](O)[C@@H](CO[P+](=O)N[C@@H](C)C(=O)OC(C)C)O[C@H]1n1cnc2c(NC)nc(N)nc21. The van der Waals surface area contributed by atoms with Crippen molar-refractivity contribution >= 4 is 37.1 Å². The first-order valence-electron chi connectivity index (χ1n) is 11.5. The Morgan fingerprint density at radius 1 is 1.52 bits per heavy atom. The second kappa shape index (κ2) is 9.77. The summed E-state index contributed by atoms with van der Waals surface area (Å²) < 4.78 is 68.4. The summed E-state index contributed by atoms with van der Waals surface area (Å²) in [5.41, 5.74) is 2.50. The Morgan fingerprint density at radius 2 is 2.24 bits per heavy atom. The maximum atomic E-state index is 16.2. The summed E-state index contributed by atoms with van der Waals surface area (Å²) in [6.07, 6.45) is -5.00. The van der Waals surface area contributed by atoms with Crippen molar-refractivity contribution in [3.8, 4) is 0 Å². The number of halogens is 1. The number of nitrogens with one attached hydrogen (secondary N) is 2. The van der Waals surface area contributed by atoms with Crippen molar-refractivity contribution in [3.05, 3.63) is 6.33 Å². The molecule has 0 saturated carbocycles. The summed E-state index contributed by atoms with van der Waals surface area (Å²) in [5.74, 6) is -0.659. The number of carbonyl (C=O) groups excluding carboxylic acids is 1. The average Bonchev–Trinajstić information content (AvgIpc) is 3.30. The molecule has 2 aromatic heterocycles. The van der Waals surface area contributed by atoms with Gasteiger partial charge in [0.05, 0.1) is 12.4 Å². The third-order valence-corrected chi connectivity index (χ3v) is 5.72. The molecule has 0 bridgehead atoms. The Balaban J connectivity index is 1.84. The first-order valence-corrected chi connectivity index (χ1v) is 11.2. The number of hydrogen-bond acceptors (Lipinski definition) is 11. The van der Waals surface area contributed by atoms with Crippen molar-refractivity contribution in [2.45, 2.75) is 63.9 Å². The van der Waals surface area contributed by atoms with E-state index in [9.17, 15) is 14.5 Å². The van der Waals surface area contributed by atoms with Crippen LogP contribution in [-0.2, 0) is 23.4 Å². The highest BCUT2D eigenvalue weighted by atomic mass is 31.1. The molecule has 0 radical (unpaired) electrons. The Morgan fingerprint density at radius 3 is 2.88 bits per heavy atom. The number of fused-ring (bicyclic) bond motifs is 1. The van der Waals surface area contributed by atoms with Gasteiger partial charge >= 0.3 is 14.1 Å². The third kappa shape index (κ3) is 5.20. The zero-order valence-corrected chi connectivity index (χ0v) is 19.2. The zero-order valence-electron chi connectivity index (χ0n) is 21.4. The van der Waals surface area contributed by atoms with Crippen molar-refractivity contribution in [3.63, 3.8) is 0 Å².